The van der Waals surface area contributed by atoms with Gasteiger partial charge in [0.25, 0.3) is 0 Å². The second kappa shape index (κ2) is 5.81. The summed E-state index contributed by atoms with van der Waals surface area (Å²) in [4.78, 5) is 12.6. The van der Waals surface area contributed by atoms with Gasteiger partial charge in [-0.15, -0.1) is 11.3 Å². The fraction of sp³-hybridized carbons (Fsp3) is 0.545. The van der Waals surface area contributed by atoms with Crippen LogP contribution in [0.1, 0.15) is 34.7 Å². The fourth-order valence-corrected chi connectivity index (χ4v) is 3.94. The Kier molecular flexibility index (Phi) is 4.89. The van der Waals surface area contributed by atoms with Crippen LogP contribution in [-0.4, -0.2) is 25.2 Å². The third kappa shape index (κ3) is 4.40. The lowest BCUT2D eigenvalue weighted by Gasteiger charge is -2.13. The van der Waals surface area contributed by atoms with E-state index < -0.39 is 21.7 Å². The van der Waals surface area contributed by atoms with Crippen LogP contribution in [0.2, 0.25) is 0 Å². The van der Waals surface area contributed by atoms with Crippen LogP contribution >= 0.6 is 11.3 Å². The number of thiophene rings is 1. The van der Waals surface area contributed by atoms with Crippen molar-refractivity contribution in [3.63, 3.8) is 0 Å². The summed E-state index contributed by atoms with van der Waals surface area (Å²) in [5.74, 6) is -1.51. The molecule has 5 nitrogen and oxygen atoms in total. The maximum absolute atomic E-state index is 11.7. The van der Waals surface area contributed by atoms with Gasteiger partial charge in [-0.05, 0) is 32.4 Å². The van der Waals surface area contributed by atoms with Gasteiger partial charge in [0.05, 0.1) is 12.2 Å². The van der Waals surface area contributed by atoms with E-state index in [1.807, 2.05) is 19.9 Å². The zero-order valence-electron chi connectivity index (χ0n) is 10.6. The molecule has 102 valence electrons. The monoisotopic (exact) mass is 291 g/mol. The van der Waals surface area contributed by atoms with Crippen LogP contribution in [0.25, 0.3) is 0 Å². The first kappa shape index (κ1) is 15.1. The first-order chi connectivity index (χ1) is 8.21. The van der Waals surface area contributed by atoms with E-state index in [9.17, 15) is 13.2 Å². The Balaban J connectivity index is 2.72. The lowest BCUT2D eigenvalue weighted by molar-refractivity contribution is -0.136. The number of hydrogen-bond donors (Lipinski definition) is 2. The summed E-state index contributed by atoms with van der Waals surface area (Å²) in [6.45, 7) is 5.66. The summed E-state index contributed by atoms with van der Waals surface area (Å²) < 4.78 is 25.8. The first-order valence-corrected chi connectivity index (χ1v) is 7.97. The highest BCUT2D eigenvalue weighted by Crippen LogP contribution is 2.26. The minimum atomic E-state index is -3.56. The number of rotatable bonds is 6. The molecule has 1 rings (SSSR count). The summed E-state index contributed by atoms with van der Waals surface area (Å²) in [5, 5.41) is 8.48. The van der Waals surface area contributed by atoms with Gasteiger partial charge in [-0.2, -0.15) is 0 Å². The van der Waals surface area contributed by atoms with Crippen molar-refractivity contribution in [3.05, 3.63) is 21.4 Å². The van der Waals surface area contributed by atoms with Crippen molar-refractivity contribution in [3.8, 4) is 0 Å². The van der Waals surface area contributed by atoms with E-state index in [4.69, 9.17) is 5.11 Å². The van der Waals surface area contributed by atoms with Crippen molar-refractivity contribution in [1.82, 2.24) is 4.72 Å². The number of sulfonamides is 1. The molecule has 1 aromatic heterocycles. The molecule has 1 unspecified atom stereocenters. The van der Waals surface area contributed by atoms with Gasteiger partial charge in [0.1, 0.15) is 0 Å². The predicted octanol–water partition coefficient (Wildman–Crippen LogP) is 1.82. The summed E-state index contributed by atoms with van der Waals surface area (Å²) in [5.41, 5.74) is 0.941. The number of nitrogens with one attached hydrogen (secondary N) is 1. The Morgan fingerprint density at radius 2 is 2.11 bits per heavy atom. The third-order valence-corrected chi connectivity index (χ3v) is 4.92. The maximum Gasteiger partial charge on any atom is 0.304 e. The quantitative estimate of drug-likeness (QED) is 0.837. The zero-order chi connectivity index (χ0) is 13.9. The van der Waals surface area contributed by atoms with Crippen molar-refractivity contribution < 1.29 is 18.3 Å². The highest BCUT2D eigenvalue weighted by atomic mass is 32.2. The molecule has 0 spiro atoms. The van der Waals surface area contributed by atoms with E-state index in [1.165, 1.54) is 0 Å². The molecule has 0 aliphatic heterocycles. The molecule has 0 aliphatic carbocycles. The van der Waals surface area contributed by atoms with Gasteiger partial charge in [-0.3, -0.25) is 4.79 Å². The fourth-order valence-electron chi connectivity index (χ4n) is 1.69. The highest BCUT2D eigenvalue weighted by Gasteiger charge is 2.19. The van der Waals surface area contributed by atoms with Gasteiger partial charge in [0.15, 0.2) is 0 Å². The van der Waals surface area contributed by atoms with Crippen LogP contribution in [-0.2, 0) is 14.8 Å². The second-order valence-electron chi connectivity index (χ2n) is 4.17. The largest absolute Gasteiger partial charge is 0.481 e. The van der Waals surface area contributed by atoms with Gasteiger partial charge in [-0.1, -0.05) is 0 Å². The summed E-state index contributed by atoms with van der Waals surface area (Å²) in [6.07, 6.45) is -0.385. The SMILES string of the molecule is Cc1cc(C(C)NS(=O)(=O)CCC(=O)O)c(C)s1. The molecule has 1 heterocycles. The van der Waals surface area contributed by atoms with Crippen LogP contribution in [0.3, 0.4) is 0 Å². The van der Waals surface area contributed by atoms with E-state index in [0.29, 0.717) is 0 Å². The zero-order valence-corrected chi connectivity index (χ0v) is 12.2. The normalized spacial score (nSPS) is 13.5. The number of aryl methyl sites for hydroxylation is 2. The molecule has 0 fully saturated rings. The maximum atomic E-state index is 11.7. The Morgan fingerprint density at radius 3 is 2.56 bits per heavy atom. The van der Waals surface area contributed by atoms with E-state index in [2.05, 4.69) is 4.72 Å². The van der Waals surface area contributed by atoms with Crippen LogP contribution in [0, 0.1) is 13.8 Å². The van der Waals surface area contributed by atoms with Crippen molar-refractivity contribution in [2.75, 3.05) is 5.75 Å². The minimum absolute atomic E-state index is 0.339. The van der Waals surface area contributed by atoms with Gasteiger partial charge in [0.2, 0.25) is 10.0 Å². The molecule has 0 saturated carbocycles. The topological polar surface area (TPSA) is 83.5 Å². The number of carbonyl (C=O) groups is 1. The number of carboxylic acids is 1. The summed E-state index contributed by atoms with van der Waals surface area (Å²) in [6, 6.07) is 1.61. The molecule has 0 aromatic carbocycles. The number of carboxylic acid groups (broad SMARTS) is 1. The molecule has 1 aromatic rings. The molecule has 0 aliphatic rings. The predicted molar refractivity (Wildman–Crippen MR) is 71.4 cm³/mol. The molecule has 0 amide bonds. The van der Waals surface area contributed by atoms with Gasteiger partial charge < -0.3 is 5.11 Å². The number of aliphatic carboxylic acids is 1. The minimum Gasteiger partial charge on any atom is -0.481 e. The molecular formula is C11H17NO4S2. The molecule has 1 atom stereocenters. The molecule has 18 heavy (non-hydrogen) atoms. The second-order valence-corrected chi connectivity index (χ2v) is 7.50. The van der Waals surface area contributed by atoms with Crippen molar-refractivity contribution in [2.24, 2.45) is 0 Å². The summed E-state index contributed by atoms with van der Waals surface area (Å²) >= 11 is 1.61. The molecule has 2 N–H and O–H groups in total. The smallest absolute Gasteiger partial charge is 0.304 e. The first-order valence-electron chi connectivity index (χ1n) is 5.50. The van der Waals surface area contributed by atoms with Crippen molar-refractivity contribution >= 4 is 27.3 Å². The third-order valence-electron chi connectivity index (χ3n) is 2.49. The van der Waals surface area contributed by atoms with Crippen LogP contribution in [0.4, 0.5) is 0 Å². The molecule has 0 bridgehead atoms. The lowest BCUT2D eigenvalue weighted by atomic mass is 10.1. The average Bonchev–Trinajstić information content (AvgIpc) is 2.54. The molecule has 7 heteroatoms. The van der Waals surface area contributed by atoms with Crippen molar-refractivity contribution in [1.29, 1.82) is 0 Å². The average molecular weight is 291 g/mol. The Hall–Kier alpha value is -0.920. The standard InChI is InChI=1S/C11H17NO4S2/c1-7-6-10(9(3)17-7)8(2)12-18(15,16)5-4-11(13)14/h6,8,12H,4-5H2,1-3H3,(H,13,14). The highest BCUT2D eigenvalue weighted by molar-refractivity contribution is 7.89. The van der Waals surface area contributed by atoms with E-state index in [1.54, 1.807) is 18.3 Å². The van der Waals surface area contributed by atoms with E-state index in [0.717, 1.165) is 15.3 Å². The van der Waals surface area contributed by atoms with Crippen LogP contribution in [0.15, 0.2) is 6.07 Å². The van der Waals surface area contributed by atoms with Gasteiger partial charge in [0, 0.05) is 15.8 Å². The van der Waals surface area contributed by atoms with Crippen molar-refractivity contribution in [2.45, 2.75) is 33.2 Å². The molecule has 0 radical (unpaired) electrons. The molecule has 0 saturated heterocycles. The van der Waals surface area contributed by atoms with E-state index in [-0.39, 0.29) is 12.5 Å². The Morgan fingerprint density at radius 1 is 1.50 bits per heavy atom. The van der Waals surface area contributed by atoms with Crippen LogP contribution < -0.4 is 4.72 Å². The lowest BCUT2D eigenvalue weighted by Crippen LogP contribution is -2.30. The van der Waals surface area contributed by atoms with Gasteiger partial charge in [-0.25, -0.2) is 13.1 Å². The Bertz CT molecular complexity index is 533. The van der Waals surface area contributed by atoms with Gasteiger partial charge >= 0.3 is 5.97 Å². The van der Waals surface area contributed by atoms with Crippen LogP contribution in [0.5, 0.6) is 0 Å². The summed E-state index contributed by atoms with van der Waals surface area (Å²) in [7, 11) is -3.56. The molecular weight excluding hydrogens is 274 g/mol. The van der Waals surface area contributed by atoms with E-state index >= 15 is 0 Å². The number of hydrogen-bond acceptors (Lipinski definition) is 4. The Labute approximate surface area is 111 Å².